The molecule has 3 fully saturated rings. The third-order valence-electron chi connectivity index (χ3n) is 5.58. The molecule has 15 heavy (non-hydrogen) atoms. The fourth-order valence-corrected chi connectivity index (χ4v) is 4.52. The largest absolute Gasteiger partial charge is 0.478 e. The molecule has 0 aromatic carbocycles. The first-order valence-electron chi connectivity index (χ1n) is 5.25. The molecule has 3 rings (SSSR count). The first-order chi connectivity index (χ1) is 6.78. The molecule has 1 spiro atoms. The van der Waals surface area contributed by atoms with Crippen LogP contribution in [0, 0.1) is 16.2 Å². The fourth-order valence-electron chi connectivity index (χ4n) is 4.52. The highest BCUT2D eigenvalue weighted by atomic mass is 16.6. The van der Waals surface area contributed by atoms with Crippen LogP contribution in [0.5, 0.6) is 0 Å². The van der Waals surface area contributed by atoms with Crippen molar-refractivity contribution in [3.05, 3.63) is 0 Å². The van der Waals surface area contributed by atoms with E-state index < -0.39 is 17.0 Å². The molecular formula is C11H14O4. The smallest absolute Gasteiger partial charge is 0.349 e. The third-order valence-corrected chi connectivity index (χ3v) is 5.58. The molecule has 3 unspecified atom stereocenters. The molecule has 3 atom stereocenters. The Balaban J connectivity index is 2.21. The van der Waals surface area contributed by atoms with Crippen molar-refractivity contribution in [1.29, 1.82) is 0 Å². The third kappa shape index (κ3) is 0.478. The molecule has 3 aliphatic rings. The van der Waals surface area contributed by atoms with Crippen LogP contribution in [0.3, 0.4) is 0 Å². The van der Waals surface area contributed by atoms with E-state index in [-0.39, 0.29) is 16.8 Å². The molecular weight excluding hydrogens is 196 g/mol. The van der Waals surface area contributed by atoms with Gasteiger partial charge in [0.05, 0.1) is 0 Å². The Labute approximate surface area is 87.6 Å². The highest BCUT2D eigenvalue weighted by Crippen LogP contribution is 2.92. The number of esters is 1. The standard InChI is InChI=1S/C11H14O4/c1-8(2)9(3)4-5-10(6(12)13)11(8,9)7(14)15-10/h4-5H2,1-3H3,(H,12,13). The lowest BCUT2D eigenvalue weighted by atomic mass is 9.73. The van der Waals surface area contributed by atoms with E-state index in [0.717, 1.165) is 6.42 Å². The van der Waals surface area contributed by atoms with Gasteiger partial charge in [-0.05, 0) is 17.3 Å². The van der Waals surface area contributed by atoms with Crippen LogP contribution in [0.1, 0.15) is 33.6 Å². The maximum Gasteiger partial charge on any atom is 0.349 e. The Morgan fingerprint density at radius 3 is 2.27 bits per heavy atom. The van der Waals surface area contributed by atoms with E-state index in [2.05, 4.69) is 0 Å². The lowest BCUT2D eigenvalue weighted by Gasteiger charge is -2.45. The summed E-state index contributed by atoms with van der Waals surface area (Å²) >= 11 is 0. The number of ether oxygens (including phenoxy) is 1. The predicted molar refractivity (Wildman–Crippen MR) is 50.0 cm³/mol. The highest BCUT2D eigenvalue weighted by molar-refractivity contribution is 6.03. The Morgan fingerprint density at radius 2 is 1.93 bits per heavy atom. The molecule has 4 heteroatoms. The molecule has 1 heterocycles. The van der Waals surface area contributed by atoms with Gasteiger partial charge in [0.2, 0.25) is 5.60 Å². The number of hydrogen-bond acceptors (Lipinski definition) is 3. The van der Waals surface area contributed by atoms with E-state index in [4.69, 9.17) is 4.74 Å². The summed E-state index contributed by atoms with van der Waals surface area (Å²) in [7, 11) is 0. The molecule has 0 aromatic rings. The zero-order valence-electron chi connectivity index (χ0n) is 9.09. The van der Waals surface area contributed by atoms with Crippen LogP contribution in [-0.2, 0) is 14.3 Å². The Hall–Kier alpha value is -1.06. The van der Waals surface area contributed by atoms with Gasteiger partial charge in [0.15, 0.2) is 0 Å². The average Bonchev–Trinajstić information content (AvgIpc) is 2.41. The van der Waals surface area contributed by atoms with Crippen LogP contribution in [0.15, 0.2) is 0 Å². The van der Waals surface area contributed by atoms with Gasteiger partial charge in [-0.15, -0.1) is 0 Å². The molecule has 1 N–H and O–H groups in total. The molecule has 2 saturated carbocycles. The first kappa shape index (κ1) is 9.19. The number of carbonyl (C=O) groups is 2. The molecule has 0 bridgehead atoms. The maximum atomic E-state index is 11.7. The molecule has 1 saturated heterocycles. The average molecular weight is 210 g/mol. The summed E-state index contributed by atoms with van der Waals surface area (Å²) in [6.07, 6.45) is 1.23. The topological polar surface area (TPSA) is 63.6 Å². The monoisotopic (exact) mass is 210 g/mol. The van der Waals surface area contributed by atoms with E-state index in [9.17, 15) is 14.7 Å². The van der Waals surface area contributed by atoms with Gasteiger partial charge < -0.3 is 9.84 Å². The summed E-state index contributed by atoms with van der Waals surface area (Å²) in [6, 6.07) is 0. The van der Waals surface area contributed by atoms with Gasteiger partial charge in [-0.3, -0.25) is 4.79 Å². The molecule has 0 radical (unpaired) electrons. The molecule has 0 amide bonds. The number of carbonyl (C=O) groups excluding carboxylic acids is 1. The van der Waals surface area contributed by atoms with Gasteiger partial charge in [0.25, 0.3) is 0 Å². The van der Waals surface area contributed by atoms with Crippen molar-refractivity contribution < 1.29 is 19.4 Å². The minimum atomic E-state index is -1.22. The van der Waals surface area contributed by atoms with E-state index in [1.54, 1.807) is 0 Å². The zero-order valence-corrected chi connectivity index (χ0v) is 9.09. The van der Waals surface area contributed by atoms with Crippen molar-refractivity contribution in [2.45, 2.75) is 39.2 Å². The predicted octanol–water partition coefficient (Wildman–Crippen LogP) is 1.19. The van der Waals surface area contributed by atoms with Crippen molar-refractivity contribution in [2.75, 3.05) is 0 Å². The lowest BCUT2D eigenvalue weighted by molar-refractivity contribution is -0.231. The van der Waals surface area contributed by atoms with E-state index in [1.807, 2.05) is 20.8 Å². The molecule has 1 aliphatic heterocycles. The second-order valence-corrected chi connectivity index (χ2v) is 5.73. The number of aliphatic carboxylic acids is 1. The van der Waals surface area contributed by atoms with E-state index in [0.29, 0.717) is 6.42 Å². The summed E-state index contributed by atoms with van der Waals surface area (Å²) in [5, 5.41) is 9.27. The van der Waals surface area contributed by atoms with Crippen LogP contribution < -0.4 is 0 Å². The van der Waals surface area contributed by atoms with Gasteiger partial charge in [0.1, 0.15) is 5.41 Å². The van der Waals surface area contributed by atoms with Gasteiger partial charge in [-0.25, -0.2) is 4.79 Å². The minimum absolute atomic E-state index is 0.187. The second kappa shape index (κ2) is 1.81. The molecule has 82 valence electrons. The van der Waals surface area contributed by atoms with Crippen molar-refractivity contribution in [1.82, 2.24) is 0 Å². The van der Waals surface area contributed by atoms with Crippen LogP contribution >= 0.6 is 0 Å². The summed E-state index contributed by atoms with van der Waals surface area (Å²) in [6.45, 7) is 5.96. The van der Waals surface area contributed by atoms with Gasteiger partial charge >= 0.3 is 11.9 Å². The maximum absolute atomic E-state index is 11.7. The van der Waals surface area contributed by atoms with Crippen LogP contribution in [-0.4, -0.2) is 22.6 Å². The number of hydrogen-bond donors (Lipinski definition) is 1. The Bertz CT molecular complexity index is 413. The number of carboxylic acids is 1. The van der Waals surface area contributed by atoms with Crippen LogP contribution in [0.25, 0.3) is 0 Å². The Morgan fingerprint density at radius 1 is 1.33 bits per heavy atom. The van der Waals surface area contributed by atoms with Crippen molar-refractivity contribution >= 4 is 11.9 Å². The van der Waals surface area contributed by atoms with Crippen LogP contribution in [0.4, 0.5) is 0 Å². The number of rotatable bonds is 1. The SMILES string of the molecule is CC1(C)C2(C)CCC3(C(=O)O)OC(=O)C312. The second-order valence-electron chi connectivity index (χ2n) is 5.73. The fraction of sp³-hybridized carbons (Fsp3) is 0.818. The highest BCUT2D eigenvalue weighted by Gasteiger charge is 3.01. The minimum Gasteiger partial charge on any atom is -0.478 e. The van der Waals surface area contributed by atoms with Crippen molar-refractivity contribution in [3.8, 4) is 0 Å². The summed E-state index contributed by atoms with van der Waals surface area (Å²) in [4.78, 5) is 23.0. The lowest BCUT2D eigenvalue weighted by Crippen LogP contribution is -2.65. The van der Waals surface area contributed by atoms with Crippen LogP contribution in [0.2, 0.25) is 0 Å². The van der Waals surface area contributed by atoms with Gasteiger partial charge in [0, 0.05) is 6.42 Å². The summed E-state index contributed by atoms with van der Waals surface area (Å²) in [5.74, 6) is -1.29. The van der Waals surface area contributed by atoms with Crippen molar-refractivity contribution in [3.63, 3.8) is 0 Å². The number of carboxylic acid groups (broad SMARTS) is 1. The zero-order chi connectivity index (χ0) is 11.3. The summed E-state index contributed by atoms with van der Waals surface area (Å²) in [5.41, 5.74) is -2.40. The normalized spacial score (nSPS) is 53.7. The van der Waals surface area contributed by atoms with E-state index >= 15 is 0 Å². The quantitative estimate of drug-likeness (QED) is 0.660. The molecule has 0 aromatic heterocycles. The van der Waals surface area contributed by atoms with E-state index in [1.165, 1.54) is 0 Å². The Kier molecular flexibility index (Phi) is 1.11. The molecule has 2 aliphatic carbocycles. The van der Waals surface area contributed by atoms with Gasteiger partial charge in [-0.1, -0.05) is 20.8 Å². The molecule has 4 nitrogen and oxygen atoms in total. The van der Waals surface area contributed by atoms with Gasteiger partial charge in [-0.2, -0.15) is 0 Å². The first-order valence-corrected chi connectivity index (χ1v) is 5.25. The van der Waals surface area contributed by atoms with Crippen molar-refractivity contribution in [2.24, 2.45) is 16.2 Å². The summed E-state index contributed by atoms with van der Waals surface area (Å²) < 4.78 is 5.02.